The lowest BCUT2D eigenvalue weighted by Crippen LogP contribution is -2.14. The van der Waals surface area contributed by atoms with Crippen LogP contribution in [0.4, 0.5) is 0 Å². The predicted octanol–water partition coefficient (Wildman–Crippen LogP) is 2.18. The Labute approximate surface area is 95.6 Å². The van der Waals surface area contributed by atoms with Crippen LogP contribution >= 0.6 is 0 Å². The van der Waals surface area contributed by atoms with Gasteiger partial charge >= 0.3 is 0 Å². The fourth-order valence-corrected chi connectivity index (χ4v) is 2.70. The van der Waals surface area contributed by atoms with E-state index in [0.29, 0.717) is 23.3 Å². The highest BCUT2D eigenvalue weighted by molar-refractivity contribution is 5.15. The van der Waals surface area contributed by atoms with Gasteiger partial charge < -0.3 is 10.3 Å². The zero-order valence-electron chi connectivity index (χ0n) is 9.94. The van der Waals surface area contributed by atoms with Crippen LogP contribution in [-0.2, 0) is 0 Å². The summed E-state index contributed by atoms with van der Waals surface area (Å²) in [4.78, 5) is 4.55. The van der Waals surface area contributed by atoms with Crippen LogP contribution in [0.1, 0.15) is 63.1 Å². The van der Waals surface area contributed by atoms with Crippen LogP contribution in [-0.4, -0.2) is 16.2 Å². The lowest BCUT2D eigenvalue weighted by molar-refractivity contribution is 0.348. The first kappa shape index (κ1) is 10.3. The zero-order chi connectivity index (χ0) is 11.3. The molecule has 4 nitrogen and oxygen atoms in total. The highest BCUT2D eigenvalue weighted by atomic mass is 16.5. The molecule has 4 heteroatoms. The summed E-state index contributed by atoms with van der Waals surface area (Å²) in [5, 5.41) is 4.12. The molecule has 2 aliphatic rings. The monoisotopic (exact) mass is 221 g/mol. The molecule has 0 spiro atoms. The summed E-state index contributed by atoms with van der Waals surface area (Å²) in [5.41, 5.74) is 6.26. The van der Waals surface area contributed by atoms with Crippen LogP contribution in [0.3, 0.4) is 0 Å². The Hall–Kier alpha value is -0.900. The van der Waals surface area contributed by atoms with Crippen molar-refractivity contribution in [2.24, 2.45) is 11.1 Å². The van der Waals surface area contributed by atoms with E-state index in [-0.39, 0.29) is 0 Å². The highest BCUT2D eigenvalue weighted by Crippen LogP contribution is 2.57. The van der Waals surface area contributed by atoms with Crippen LogP contribution in [0, 0.1) is 5.41 Å². The molecule has 1 aromatic heterocycles. The Morgan fingerprint density at radius 3 is 2.69 bits per heavy atom. The molecule has 2 aliphatic carbocycles. The van der Waals surface area contributed by atoms with E-state index < -0.39 is 0 Å². The summed E-state index contributed by atoms with van der Waals surface area (Å²) in [6, 6.07) is 0.317. The number of hydrogen-bond donors (Lipinski definition) is 1. The third kappa shape index (κ3) is 1.65. The molecule has 1 aromatic rings. The van der Waals surface area contributed by atoms with E-state index in [2.05, 4.69) is 24.0 Å². The third-order valence-electron chi connectivity index (χ3n) is 4.10. The SMILES string of the molecule is CC1(C)CC1c1noc(C2CCC(N)C2)n1. The largest absolute Gasteiger partial charge is 0.339 e. The van der Waals surface area contributed by atoms with Gasteiger partial charge in [-0.1, -0.05) is 19.0 Å². The molecule has 0 saturated heterocycles. The number of hydrogen-bond acceptors (Lipinski definition) is 4. The Balaban J connectivity index is 1.74. The minimum absolute atomic E-state index is 0.317. The fraction of sp³-hybridized carbons (Fsp3) is 0.833. The summed E-state index contributed by atoms with van der Waals surface area (Å²) in [7, 11) is 0. The second kappa shape index (κ2) is 3.29. The van der Waals surface area contributed by atoms with E-state index in [9.17, 15) is 0 Å². The van der Waals surface area contributed by atoms with Crippen molar-refractivity contribution in [2.75, 3.05) is 0 Å². The molecule has 3 unspecified atom stereocenters. The third-order valence-corrected chi connectivity index (χ3v) is 4.10. The summed E-state index contributed by atoms with van der Waals surface area (Å²) in [6.07, 6.45) is 4.35. The van der Waals surface area contributed by atoms with E-state index in [4.69, 9.17) is 10.3 Å². The maximum Gasteiger partial charge on any atom is 0.229 e. The van der Waals surface area contributed by atoms with Crippen molar-refractivity contribution in [3.63, 3.8) is 0 Å². The quantitative estimate of drug-likeness (QED) is 0.831. The van der Waals surface area contributed by atoms with Crippen molar-refractivity contribution in [3.05, 3.63) is 11.7 Å². The lowest BCUT2D eigenvalue weighted by atomic mass is 10.1. The van der Waals surface area contributed by atoms with Crippen LogP contribution < -0.4 is 5.73 Å². The standard InChI is InChI=1S/C12H19N3O/c1-12(2)6-9(12)10-14-11(16-15-10)7-3-4-8(13)5-7/h7-9H,3-6,13H2,1-2H3. The highest BCUT2D eigenvalue weighted by Gasteiger charge is 2.49. The topological polar surface area (TPSA) is 64.9 Å². The van der Waals surface area contributed by atoms with Gasteiger partial charge in [-0.2, -0.15) is 4.98 Å². The van der Waals surface area contributed by atoms with E-state index in [0.717, 1.165) is 31.0 Å². The first-order valence-electron chi connectivity index (χ1n) is 6.15. The molecule has 0 radical (unpaired) electrons. The normalized spacial score (nSPS) is 36.6. The molecular formula is C12H19N3O. The number of nitrogens with zero attached hydrogens (tertiary/aromatic N) is 2. The van der Waals surface area contributed by atoms with E-state index >= 15 is 0 Å². The van der Waals surface area contributed by atoms with Crippen molar-refractivity contribution >= 4 is 0 Å². The van der Waals surface area contributed by atoms with Gasteiger partial charge in [-0.15, -0.1) is 0 Å². The molecule has 1 heterocycles. The molecular weight excluding hydrogens is 202 g/mol. The zero-order valence-corrected chi connectivity index (χ0v) is 9.94. The van der Waals surface area contributed by atoms with Crippen molar-refractivity contribution in [3.8, 4) is 0 Å². The fourth-order valence-electron chi connectivity index (χ4n) is 2.70. The van der Waals surface area contributed by atoms with E-state index in [1.807, 2.05) is 0 Å². The molecule has 88 valence electrons. The van der Waals surface area contributed by atoms with Gasteiger partial charge in [0.1, 0.15) is 0 Å². The average molecular weight is 221 g/mol. The van der Waals surface area contributed by atoms with E-state index in [1.54, 1.807) is 0 Å². The Morgan fingerprint density at radius 1 is 1.38 bits per heavy atom. The van der Waals surface area contributed by atoms with Crippen molar-refractivity contribution in [1.29, 1.82) is 0 Å². The van der Waals surface area contributed by atoms with Gasteiger partial charge in [0.25, 0.3) is 0 Å². The molecule has 0 aliphatic heterocycles. The van der Waals surface area contributed by atoms with Crippen LogP contribution in [0.15, 0.2) is 4.52 Å². The smallest absolute Gasteiger partial charge is 0.229 e. The maximum atomic E-state index is 5.89. The van der Waals surface area contributed by atoms with Crippen molar-refractivity contribution < 1.29 is 4.52 Å². The van der Waals surface area contributed by atoms with Gasteiger partial charge in [-0.3, -0.25) is 0 Å². The summed E-state index contributed by atoms with van der Waals surface area (Å²) >= 11 is 0. The summed E-state index contributed by atoms with van der Waals surface area (Å²) < 4.78 is 5.37. The maximum absolute atomic E-state index is 5.89. The molecule has 16 heavy (non-hydrogen) atoms. The van der Waals surface area contributed by atoms with Crippen LogP contribution in [0.5, 0.6) is 0 Å². The first-order valence-corrected chi connectivity index (χ1v) is 6.15. The second-order valence-corrected chi connectivity index (χ2v) is 6.01. The van der Waals surface area contributed by atoms with Crippen LogP contribution in [0.2, 0.25) is 0 Å². The van der Waals surface area contributed by atoms with Crippen molar-refractivity contribution in [2.45, 2.75) is 57.4 Å². The Kier molecular flexibility index (Phi) is 2.11. The second-order valence-electron chi connectivity index (χ2n) is 6.01. The summed E-state index contributed by atoms with van der Waals surface area (Å²) in [6.45, 7) is 4.50. The van der Waals surface area contributed by atoms with Gasteiger partial charge in [0.05, 0.1) is 0 Å². The summed E-state index contributed by atoms with van der Waals surface area (Å²) in [5.74, 6) is 2.62. The van der Waals surface area contributed by atoms with Gasteiger partial charge in [-0.25, -0.2) is 0 Å². The molecule has 0 bridgehead atoms. The Bertz CT molecular complexity index is 399. The molecule has 2 fully saturated rings. The molecule has 0 aromatic carbocycles. The van der Waals surface area contributed by atoms with Gasteiger partial charge in [0, 0.05) is 17.9 Å². The van der Waals surface area contributed by atoms with E-state index in [1.165, 1.54) is 6.42 Å². The molecule has 3 rings (SSSR count). The van der Waals surface area contributed by atoms with Gasteiger partial charge in [-0.05, 0) is 31.1 Å². The molecule has 2 N–H and O–H groups in total. The van der Waals surface area contributed by atoms with Crippen molar-refractivity contribution in [1.82, 2.24) is 10.1 Å². The number of nitrogens with two attached hydrogens (primary N) is 1. The Morgan fingerprint density at radius 2 is 2.12 bits per heavy atom. The lowest BCUT2D eigenvalue weighted by Gasteiger charge is -2.01. The average Bonchev–Trinajstić information content (AvgIpc) is 2.67. The number of aromatic nitrogens is 2. The molecule has 3 atom stereocenters. The predicted molar refractivity (Wildman–Crippen MR) is 60.0 cm³/mol. The van der Waals surface area contributed by atoms with Crippen LogP contribution in [0.25, 0.3) is 0 Å². The van der Waals surface area contributed by atoms with Gasteiger partial charge in [0.2, 0.25) is 5.89 Å². The van der Waals surface area contributed by atoms with Gasteiger partial charge in [0.15, 0.2) is 5.82 Å². The molecule has 2 saturated carbocycles. The molecule has 0 amide bonds. The number of rotatable bonds is 2. The minimum Gasteiger partial charge on any atom is -0.339 e. The minimum atomic E-state index is 0.317. The first-order chi connectivity index (χ1) is 7.56.